The van der Waals surface area contributed by atoms with Crippen molar-refractivity contribution in [1.29, 1.82) is 0 Å². The third-order valence-corrected chi connectivity index (χ3v) is 8.13. The Labute approximate surface area is 175 Å². The Hall–Kier alpha value is -1.77. The van der Waals surface area contributed by atoms with Gasteiger partial charge in [-0.05, 0) is 42.7 Å². The van der Waals surface area contributed by atoms with Gasteiger partial charge in [0.2, 0.25) is 0 Å². The van der Waals surface area contributed by atoms with Crippen LogP contribution in [0.25, 0.3) is 15.9 Å². The first kappa shape index (κ1) is 18.3. The standard InChI is InChI=1S/C20H20N4OS3/c1-11(2)17-21-19-16(12-6-3-4-7-14(12)28-19)18-22-23-20(24(17)18)27-10-13(25)15-8-5-9-26-15/h5,8-9,11H,3-4,6-7,10H2,1-2H3. The summed E-state index contributed by atoms with van der Waals surface area (Å²) in [5, 5.41) is 12.9. The van der Waals surface area contributed by atoms with Crippen LogP contribution in [0.15, 0.2) is 22.7 Å². The fourth-order valence-corrected chi connectivity index (χ4v) is 6.61. The van der Waals surface area contributed by atoms with Crippen LogP contribution < -0.4 is 0 Å². The molecule has 5 nitrogen and oxygen atoms in total. The Morgan fingerprint density at radius 2 is 2.14 bits per heavy atom. The van der Waals surface area contributed by atoms with Crippen LogP contribution in [0.2, 0.25) is 0 Å². The summed E-state index contributed by atoms with van der Waals surface area (Å²) < 4.78 is 2.08. The van der Waals surface area contributed by atoms with Crippen molar-refractivity contribution >= 4 is 56.1 Å². The smallest absolute Gasteiger partial charge is 0.197 e. The molecule has 0 bridgehead atoms. The molecule has 4 aromatic heterocycles. The maximum Gasteiger partial charge on any atom is 0.197 e. The number of ketones is 1. The van der Waals surface area contributed by atoms with Gasteiger partial charge in [0.05, 0.1) is 16.0 Å². The van der Waals surface area contributed by atoms with E-state index in [0.717, 1.165) is 39.2 Å². The van der Waals surface area contributed by atoms with Crippen molar-refractivity contribution in [3.05, 3.63) is 38.7 Å². The van der Waals surface area contributed by atoms with E-state index in [4.69, 9.17) is 4.98 Å². The second-order valence-electron chi connectivity index (χ2n) is 7.35. The normalized spacial score (nSPS) is 14.2. The molecule has 0 saturated heterocycles. The van der Waals surface area contributed by atoms with Gasteiger partial charge in [-0.3, -0.25) is 9.20 Å². The Bertz CT molecular complexity index is 1170. The molecule has 1 aliphatic rings. The van der Waals surface area contributed by atoms with E-state index in [1.807, 2.05) is 28.8 Å². The van der Waals surface area contributed by atoms with Crippen molar-refractivity contribution < 1.29 is 4.79 Å². The molecule has 5 rings (SSSR count). The fourth-order valence-electron chi connectivity index (χ4n) is 3.77. The summed E-state index contributed by atoms with van der Waals surface area (Å²) in [6.45, 7) is 4.29. The van der Waals surface area contributed by atoms with Crippen LogP contribution in [0.5, 0.6) is 0 Å². The fraction of sp³-hybridized carbons (Fsp3) is 0.400. The van der Waals surface area contributed by atoms with E-state index in [0.29, 0.717) is 5.75 Å². The van der Waals surface area contributed by atoms with Gasteiger partial charge in [-0.2, -0.15) is 0 Å². The van der Waals surface area contributed by atoms with Gasteiger partial charge in [-0.25, -0.2) is 4.98 Å². The lowest BCUT2D eigenvalue weighted by atomic mass is 9.97. The summed E-state index contributed by atoms with van der Waals surface area (Å²) in [5.74, 6) is 1.70. The van der Waals surface area contributed by atoms with Crippen LogP contribution in [0, 0.1) is 0 Å². The van der Waals surface area contributed by atoms with Crippen molar-refractivity contribution in [2.45, 2.75) is 50.6 Å². The minimum Gasteiger partial charge on any atom is -0.292 e. The van der Waals surface area contributed by atoms with Crippen LogP contribution in [-0.2, 0) is 12.8 Å². The van der Waals surface area contributed by atoms with Crippen molar-refractivity contribution in [2.24, 2.45) is 0 Å². The van der Waals surface area contributed by atoms with Crippen LogP contribution in [0.4, 0.5) is 0 Å². The van der Waals surface area contributed by atoms with Gasteiger partial charge >= 0.3 is 0 Å². The molecule has 0 atom stereocenters. The molecule has 4 heterocycles. The summed E-state index contributed by atoms with van der Waals surface area (Å²) in [7, 11) is 0. The van der Waals surface area contributed by atoms with Gasteiger partial charge in [0.1, 0.15) is 10.7 Å². The zero-order valence-corrected chi connectivity index (χ0v) is 18.2. The second kappa shape index (κ2) is 7.24. The Morgan fingerprint density at radius 3 is 2.93 bits per heavy atom. The van der Waals surface area contributed by atoms with E-state index in [1.54, 1.807) is 0 Å². The average molecular weight is 429 g/mol. The van der Waals surface area contributed by atoms with Crippen molar-refractivity contribution in [2.75, 3.05) is 5.75 Å². The number of thiophene rings is 2. The zero-order chi connectivity index (χ0) is 19.3. The van der Waals surface area contributed by atoms with E-state index in [9.17, 15) is 4.79 Å². The SMILES string of the molecule is CC(C)c1nc2sc3c(c2c2nnc(SCC(=O)c4cccs4)n12)CCCC3. The lowest BCUT2D eigenvalue weighted by Crippen LogP contribution is -2.06. The topological polar surface area (TPSA) is 60.2 Å². The van der Waals surface area contributed by atoms with Crippen LogP contribution in [-0.4, -0.2) is 31.1 Å². The van der Waals surface area contributed by atoms with Gasteiger partial charge in [0, 0.05) is 10.8 Å². The summed E-state index contributed by atoms with van der Waals surface area (Å²) in [6, 6.07) is 3.78. The minimum atomic E-state index is 0.129. The molecule has 8 heteroatoms. The first-order valence-corrected chi connectivity index (χ1v) is 12.2. The summed E-state index contributed by atoms with van der Waals surface area (Å²) in [6.07, 6.45) is 4.72. The van der Waals surface area contributed by atoms with Crippen molar-refractivity contribution in [3.63, 3.8) is 0 Å². The highest BCUT2D eigenvalue weighted by Gasteiger charge is 2.24. The number of carbonyl (C=O) groups excluding carboxylic acids is 1. The molecule has 0 saturated carbocycles. The monoisotopic (exact) mass is 428 g/mol. The van der Waals surface area contributed by atoms with E-state index in [1.165, 1.54) is 51.8 Å². The third-order valence-electron chi connectivity index (χ3n) is 5.10. The van der Waals surface area contributed by atoms with Gasteiger partial charge in [0.15, 0.2) is 16.6 Å². The molecule has 28 heavy (non-hydrogen) atoms. The Morgan fingerprint density at radius 1 is 1.29 bits per heavy atom. The number of carbonyl (C=O) groups is 1. The predicted octanol–water partition coefficient (Wildman–Crippen LogP) is 5.38. The summed E-state index contributed by atoms with van der Waals surface area (Å²) in [5.41, 5.74) is 2.32. The summed E-state index contributed by atoms with van der Waals surface area (Å²) >= 11 is 4.75. The Kier molecular flexibility index (Phi) is 4.72. The highest BCUT2D eigenvalue weighted by molar-refractivity contribution is 7.99. The molecule has 0 radical (unpaired) electrons. The summed E-state index contributed by atoms with van der Waals surface area (Å²) in [4.78, 5) is 20.8. The molecule has 0 N–H and O–H groups in total. The molecule has 0 aliphatic heterocycles. The van der Waals surface area contributed by atoms with E-state index in [-0.39, 0.29) is 11.7 Å². The molecule has 0 fully saturated rings. The van der Waals surface area contributed by atoms with E-state index in [2.05, 4.69) is 28.4 Å². The third kappa shape index (κ3) is 2.98. The molecular weight excluding hydrogens is 408 g/mol. The number of hydrogen-bond acceptors (Lipinski definition) is 7. The molecule has 4 aromatic rings. The van der Waals surface area contributed by atoms with Gasteiger partial charge in [-0.1, -0.05) is 31.7 Å². The lowest BCUT2D eigenvalue weighted by Gasteiger charge is -2.12. The number of hydrogen-bond donors (Lipinski definition) is 0. The number of aromatic nitrogens is 4. The van der Waals surface area contributed by atoms with E-state index >= 15 is 0 Å². The highest BCUT2D eigenvalue weighted by atomic mass is 32.2. The first-order chi connectivity index (χ1) is 13.6. The minimum absolute atomic E-state index is 0.129. The molecule has 144 valence electrons. The second-order valence-corrected chi connectivity index (χ2v) is 10.3. The molecule has 0 spiro atoms. The molecule has 0 amide bonds. The van der Waals surface area contributed by atoms with Gasteiger partial charge in [0.25, 0.3) is 0 Å². The maximum absolute atomic E-state index is 12.4. The van der Waals surface area contributed by atoms with Crippen LogP contribution in [0.3, 0.4) is 0 Å². The molecule has 0 aromatic carbocycles. The molecular formula is C20H20N4OS3. The Balaban J connectivity index is 1.61. The van der Waals surface area contributed by atoms with Crippen molar-refractivity contribution in [3.8, 4) is 0 Å². The largest absolute Gasteiger partial charge is 0.292 e. The average Bonchev–Trinajstić information content (AvgIpc) is 3.42. The zero-order valence-electron chi connectivity index (χ0n) is 15.8. The van der Waals surface area contributed by atoms with Crippen LogP contribution >= 0.6 is 34.4 Å². The number of nitrogens with zero attached hydrogens (tertiary/aromatic N) is 4. The first-order valence-electron chi connectivity index (χ1n) is 9.52. The number of thioether (sulfide) groups is 1. The van der Waals surface area contributed by atoms with Crippen molar-refractivity contribution in [1.82, 2.24) is 19.6 Å². The maximum atomic E-state index is 12.4. The number of fused-ring (bicyclic) bond motifs is 5. The highest BCUT2D eigenvalue weighted by Crippen LogP contribution is 2.39. The van der Waals surface area contributed by atoms with E-state index < -0.39 is 0 Å². The predicted molar refractivity (Wildman–Crippen MR) is 116 cm³/mol. The van der Waals surface area contributed by atoms with Gasteiger partial charge < -0.3 is 0 Å². The lowest BCUT2D eigenvalue weighted by molar-refractivity contribution is 0.102. The number of aryl methyl sites for hydroxylation is 2. The number of Topliss-reactive ketones (excluding diaryl/α,β-unsaturated/α-hetero) is 1. The van der Waals surface area contributed by atoms with Gasteiger partial charge in [-0.15, -0.1) is 32.9 Å². The molecule has 1 aliphatic carbocycles. The number of rotatable bonds is 5. The quantitative estimate of drug-likeness (QED) is 0.316. The van der Waals surface area contributed by atoms with Crippen LogP contribution in [0.1, 0.15) is 58.5 Å². The molecule has 0 unspecified atom stereocenters.